The summed E-state index contributed by atoms with van der Waals surface area (Å²) in [4.78, 5) is 2.21. The van der Waals surface area contributed by atoms with Crippen molar-refractivity contribution in [1.82, 2.24) is 4.90 Å². The van der Waals surface area contributed by atoms with E-state index >= 15 is 0 Å². The van der Waals surface area contributed by atoms with Crippen molar-refractivity contribution >= 4 is 73.8 Å². The number of anilines is 1. The molecule has 28 heavy (non-hydrogen) atoms. The number of halogens is 3. The van der Waals surface area contributed by atoms with E-state index in [-0.39, 0.29) is 0 Å². The third-order valence-electron chi connectivity index (χ3n) is 3.73. The van der Waals surface area contributed by atoms with Gasteiger partial charge in [-0.25, -0.2) is 0 Å². The Morgan fingerprint density at radius 1 is 1.04 bits per heavy atom. The van der Waals surface area contributed by atoms with Crippen molar-refractivity contribution in [1.29, 1.82) is 0 Å². The number of thiocarbonyl (C=S) groups is 1. The first-order chi connectivity index (χ1) is 13.5. The fourth-order valence-electron chi connectivity index (χ4n) is 2.46. The molecule has 1 N–H and O–H groups in total. The van der Waals surface area contributed by atoms with Crippen LogP contribution in [-0.2, 0) is 0 Å². The summed E-state index contributed by atoms with van der Waals surface area (Å²) in [7, 11) is 0. The van der Waals surface area contributed by atoms with Gasteiger partial charge in [-0.05, 0) is 36.7 Å². The lowest BCUT2D eigenvalue weighted by atomic mass is 10.2. The van der Waals surface area contributed by atoms with Crippen LogP contribution in [-0.4, -0.2) is 27.4 Å². The second kappa shape index (κ2) is 11.9. The number of nitrogens with zero attached hydrogens (tertiary/aromatic N) is 2. The van der Waals surface area contributed by atoms with Crippen LogP contribution in [0.3, 0.4) is 0 Å². The second-order valence-corrected chi connectivity index (χ2v) is 8.87. The zero-order valence-electron chi connectivity index (χ0n) is 15.7. The van der Waals surface area contributed by atoms with E-state index < -0.39 is 0 Å². The Labute approximate surface area is 191 Å². The Kier molecular flexibility index (Phi) is 9.89. The van der Waals surface area contributed by atoms with Crippen LogP contribution in [0.5, 0.6) is 0 Å². The molecule has 0 saturated heterocycles. The summed E-state index contributed by atoms with van der Waals surface area (Å²) in [5.74, 6) is 0. The minimum absolute atomic E-state index is 0.403. The number of hydrazone groups is 1. The number of rotatable bonds is 7. The van der Waals surface area contributed by atoms with Crippen LogP contribution in [0.15, 0.2) is 47.6 Å². The number of hydrogen-bond donors (Lipinski definition) is 1. The molecule has 2 aromatic carbocycles. The van der Waals surface area contributed by atoms with E-state index in [0.717, 1.165) is 40.9 Å². The highest BCUT2D eigenvalue weighted by molar-refractivity contribution is 8.33. The molecule has 0 aliphatic rings. The molecule has 150 valence electrons. The molecule has 0 spiro atoms. The van der Waals surface area contributed by atoms with Crippen LogP contribution in [0.25, 0.3) is 0 Å². The standard InChI is InChI=1S/C20H22Cl3N3S2/c1-3-10-26(11-4-2)20(27)28-19(14-8-6-5-7-9-14)25-24-18-16(22)12-15(21)13-17(18)23/h5-9,12-13,24H,3-4,10-11H2,1-2H3/b25-19+. The van der Waals surface area contributed by atoms with Crippen LogP contribution in [0.1, 0.15) is 32.3 Å². The fraction of sp³-hybridized carbons (Fsp3) is 0.300. The van der Waals surface area contributed by atoms with E-state index in [4.69, 9.17) is 47.0 Å². The lowest BCUT2D eigenvalue weighted by Crippen LogP contribution is -2.30. The molecule has 0 radical (unpaired) electrons. The van der Waals surface area contributed by atoms with Crippen molar-refractivity contribution in [2.45, 2.75) is 26.7 Å². The van der Waals surface area contributed by atoms with E-state index in [0.29, 0.717) is 20.8 Å². The summed E-state index contributed by atoms with van der Waals surface area (Å²) in [6.45, 7) is 6.14. The lowest BCUT2D eigenvalue weighted by Gasteiger charge is -2.24. The normalized spacial score (nSPS) is 11.4. The SMILES string of the molecule is CCCN(CCC)C(=S)S/C(=N/Nc1c(Cl)cc(Cl)cc1Cl)c1ccccc1. The van der Waals surface area contributed by atoms with Gasteiger partial charge in [0.25, 0.3) is 0 Å². The van der Waals surface area contributed by atoms with E-state index in [1.54, 1.807) is 12.1 Å². The maximum atomic E-state index is 6.26. The van der Waals surface area contributed by atoms with Crippen molar-refractivity contribution in [3.8, 4) is 0 Å². The molecule has 0 amide bonds. The third-order valence-corrected chi connectivity index (χ3v) is 6.00. The molecule has 2 rings (SSSR count). The van der Waals surface area contributed by atoms with E-state index in [2.05, 4.69) is 29.3 Å². The van der Waals surface area contributed by atoms with Gasteiger partial charge in [-0.15, -0.1) is 0 Å². The van der Waals surface area contributed by atoms with Crippen LogP contribution in [0, 0.1) is 0 Å². The number of thioether (sulfide) groups is 1. The zero-order valence-corrected chi connectivity index (χ0v) is 19.6. The summed E-state index contributed by atoms with van der Waals surface area (Å²) in [6, 6.07) is 13.1. The molecular weight excluding hydrogens is 453 g/mol. The van der Waals surface area contributed by atoms with Gasteiger partial charge in [-0.3, -0.25) is 5.43 Å². The fourth-order valence-corrected chi connectivity index (χ4v) is 4.61. The summed E-state index contributed by atoms with van der Waals surface area (Å²) in [5.41, 5.74) is 4.44. The Balaban J connectivity index is 2.30. The highest BCUT2D eigenvalue weighted by atomic mass is 35.5. The summed E-state index contributed by atoms with van der Waals surface area (Å²) < 4.78 is 0.793. The van der Waals surface area contributed by atoms with Crippen LogP contribution >= 0.6 is 58.8 Å². The van der Waals surface area contributed by atoms with Crippen molar-refractivity contribution < 1.29 is 0 Å². The second-order valence-electron chi connectivity index (χ2n) is 5.99. The van der Waals surface area contributed by atoms with Crippen molar-refractivity contribution in [2.24, 2.45) is 5.10 Å². The number of hydrogen-bond acceptors (Lipinski definition) is 4. The van der Waals surface area contributed by atoms with Gasteiger partial charge in [0.15, 0.2) is 0 Å². The molecule has 3 nitrogen and oxygen atoms in total. The monoisotopic (exact) mass is 473 g/mol. The van der Waals surface area contributed by atoms with E-state index in [9.17, 15) is 0 Å². The smallest absolute Gasteiger partial charge is 0.142 e. The van der Waals surface area contributed by atoms with Crippen LogP contribution < -0.4 is 5.43 Å². The van der Waals surface area contributed by atoms with Gasteiger partial charge in [0.05, 0.1) is 15.7 Å². The molecule has 0 bridgehead atoms. The van der Waals surface area contributed by atoms with Gasteiger partial charge in [-0.2, -0.15) is 5.10 Å². The molecule has 0 heterocycles. The topological polar surface area (TPSA) is 27.6 Å². The average molecular weight is 475 g/mol. The predicted molar refractivity (Wildman–Crippen MR) is 130 cm³/mol. The summed E-state index contributed by atoms with van der Waals surface area (Å²) in [5, 5.41) is 6.58. The van der Waals surface area contributed by atoms with E-state index in [1.165, 1.54) is 11.8 Å². The Morgan fingerprint density at radius 3 is 2.14 bits per heavy atom. The summed E-state index contributed by atoms with van der Waals surface area (Å²) in [6.07, 6.45) is 2.07. The van der Waals surface area contributed by atoms with Crippen molar-refractivity contribution in [2.75, 3.05) is 18.5 Å². The zero-order chi connectivity index (χ0) is 20.5. The van der Waals surface area contributed by atoms with Gasteiger partial charge in [-0.1, -0.05) is 91.2 Å². The minimum atomic E-state index is 0.403. The van der Waals surface area contributed by atoms with Gasteiger partial charge >= 0.3 is 0 Å². The van der Waals surface area contributed by atoms with Crippen LogP contribution in [0.2, 0.25) is 15.1 Å². The maximum Gasteiger partial charge on any atom is 0.142 e. The van der Waals surface area contributed by atoms with E-state index in [1.807, 2.05) is 30.3 Å². The molecule has 0 aromatic heterocycles. The first kappa shape index (κ1) is 23.3. The minimum Gasteiger partial charge on any atom is -0.357 e. The van der Waals surface area contributed by atoms with Crippen LogP contribution in [0.4, 0.5) is 5.69 Å². The quantitative estimate of drug-likeness (QED) is 0.194. The van der Waals surface area contributed by atoms with Crippen molar-refractivity contribution in [3.05, 3.63) is 63.1 Å². The molecule has 0 unspecified atom stereocenters. The third kappa shape index (κ3) is 6.82. The average Bonchev–Trinajstić information content (AvgIpc) is 2.66. The highest BCUT2D eigenvalue weighted by Crippen LogP contribution is 2.34. The molecule has 0 aliphatic carbocycles. The van der Waals surface area contributed by atoms with Crippen molar-refractivity contribution in [3.63, 3.8) is 0 Å². The van der Waals surface area contributed by atoms with Gasteiger partial charge in [0.1, 0.15) is 9.36 Å². The Bertz CT molecular complexity index is 800. The number of benzene rings is 2. The molecular formula is C20H22Cl3N3S2. The highest BCUT2D eigenvalue weighted by Gasteiger charge is 2.15. The Hall–Kier alpha value is -0.980. The largest absolute Gasteiger partial charge is 0.357 e. The molecule has 0 fully saturated rings. The number of nitrogens with one attached hydrogen (secondary N) is 1. The summed E-state index contributed by atoms with van der Waals surface area (Å²) >= 11 is 25.7. The molecule has 8 heteroatoms. The first-order valence-corrected chi connectivity index (χ1v) is 11.3. The molecule has 0 aliphatic heterocycles. The van der Waals surface area contributed by atoms with Gasteiger partial charge in [0, 0.05) is 23.7 Å². The predicted octanol–water partition coefficient (Wildman–Crippen LogP) is 7.56. The van der Waals surface area contributed by atoms with Gasteiger partial charge < -0.3 is 4.90 Å². The maximum absolute atomic E-state index is 6.26. The Morgan fingerprint density at radius 2 is 1.61 bits per heavy atom. The first-order valence-electron chi connectivity index (χ1n) is 8.96. The molecule has 2 aromatic rings. The van der Waals surface area contributed by atoms with Gasteiger partial charge in [0.2, 0.25) is 0 Å². The molecule has 0 saturated carbocycles. The lowest BCUT2D eigenvalue weighted by molar-refractivity contribution is 0.431. The molecule has 0 atom stereocenters.